The van der Waals surface area contributed by atoms with Gasteiger partial charge in [-0.1, -0.05) is 32.0 Å². The third kappa shape index (κ3) is 4.59. The van der Waals surface area contributed by atoms with E-state index in [0.717, 1.165) is 11.3 Å². The normalized spacial score (nSPS) is 10.3. The quantitative estimate of drug-likeness (QED) is 0.823. The fourth-order valence-electron chi connectivity index (χ4n) is 2.24. The minimum atomic E-state index is -0.551. The molecule has 24 heavy (non-hydrogen) atoms. The number of nitrogens with one attached hydrogen (secondary N) is 1. The van der Waals surface area contributed by atoms with E-state index in [1.807, 2.05) is 24.3 Å². The smallest absolute Gasteiger partial charge is 0.338 e. The summed E-state index contributed by atoms with van der Waals surface area (Å²) < 4.78 is 10.1. The molecule has 0 aromatic heterocycles. The summed E-state index contributed by atoms with van der Waals surface area (Å²) in [4.78, 5) is 23.9. The number of ether oxygens (including phenoxy) is 2. The molecule has 0 aliphatic rings. The third-order valence-electron chi connectivity index (χ3n) is 3.52. The number of carbonyl (C=O) groups is 2. The van der Waals surface area contributed by atoms with Crippen LogP contribution in [-0.4, -0.2) is 25.6 Å². The molecule has 0 unspecified atom stereocenters. The molecule has 0 heterocycles. The number of hydrogen-bond donors (Lipinski definition) is 1. The first-order valence-corrected chi connectivity index (χ1v) is 7.71. The Morgan fingerprint density at radius 3 is 2.33 bits per heavy atom. The minimum Gasteiger partial charge on any atom is -0.497 e. The van der Waals surface area contributed by atoms with Gasteiger partial charge in [0.2, 0.25) is 0 Å². The van der Waals surface area contributed by atoms with Crippen LogP contribution >= 0.6 is 0 Å². The second-order valence-electron chi connectivity index (χ2n) is 5.59. The highest BCUT2D eigenvalue weighted by Crippen LogP contribution is 2.23. The molecule has 0 spiro atoms. The summed E-state index contributed by atoms with van der Waals surface area (Å²) in [5.74, 6) is 0.00726. The molecule has 0 aliphatic carbocycles. The van der Waals surface area contributed by atoms with Crippen LogP contribution in [0.3, 0.4) is 0 Å². The average molecular weight is 327 g/mol. The molecule has 0 bridgehead atoms. The van der Waals surface area contributed by atoms with E-state index in [1.54, 1.807) is 31.4 Å². The summed E-state index contributed by atoms with van der Waals surface area (Å²) in [7, 11) is 1.55. The highest BCUT2D eigenvalue weighted by Gasteiger charge is 2.12. The van der Waals surface area contributed by atoms with E-state index >= 15 is 0 Å². The Kier molecular flexibility index (Phi) is 5.95. The van der Waals surface area contributed by atoms with Crippen molar-refractivity contribution in [2.75, 3.05) is 19.0 Å². The van der Waals surface area contributed by atoms with Crippen molar-refractivity contribution in [3.8, 4) is 5.75 Å². The van der Waals surface area contributed by atoms with Gasteiger partial charge < -0.3 is 14.8 Å². The number of para-hydroxylation sites is 1. The van der Waals surface area contributed by atoms with Crippen molar-refractivity contribution in [3.63, 3.8) is 0 Å². The van der Waals surface area contributed by atoms with Crippen LogP contribution in [-0.2, 0) is 9.53 Å². The molecule has 0 fully saturated rings. The molecule has 0 radical (unpaired) electrons. The number of carbonyl (C=O) groups excluding carboxylic acids is 2. The third-order valence-corrected chi connectivity index (χ3v) is 3.52. The van der Waals surface area contributed by atoms with Gasteiger partial charge in [0.05, 0.1) is 12.7 Å². The zero-order valence-corrected chi connectivity index (χ0v) is 14.0. The van der Waals surface area contributed by atoms with Crippen molar-refractivity contribution in [1.29, 1.82) is 0 Å². The van der Waals surface area contributed by atoms with Crippen molar-refractivity contribution in [2.45, 2.75) is 19.8 Å². The SMILES string of the molecule is COc1ccc(C(=O)OCC(=O)Nc2ccccc2C(C)C)cc1. The van der Waals surface area contributed by atoms with E-state index in [9.17, 15) is 9.59 Å². The van der Waals surface area contributed by atoms with Gasteiger partial charge in [-0.2, -0.15) is 0 Å². The maximum absolute atomic E-state index is 12.0. The van der Waals surface area contributed by atoms with Crippen molar-refractivity contribution >= 4 is 17.6 Å². The first kappa shape index (κ1) is 17.5. The zero-order chi connectivity index (χ0) is 17.5. The molecular weight excluding hydrogens is 306 g/mol. The lowest BCUT2D eigenvalue weighted by Crippen LogP contribution is -2.21. The van der Waals surface area contributed by atoms with Crippen molar-refractivity contribution < 1.29 is 19.1 Å². The number of rotatable bonds is 6. The molecule has 0 saturated heterocycles. The second-order valence-corrected chi connectivity index (χ2v) is 5.59. The Labute approximate surface area is 141 Å². The Morgan fingerprint density at radius 2 is 1.71 bits per heavy atom. The Hall–Kier alpha value is -2.82. The summed E-state index contributed by atoms with van der Waals surface area (Å²) in [6.45, 7) is 3.76. The van der Waals surface area contributed by atoms with Gasteiger partial charge in [-0.05, 0) is 41.8 Å². The number of anilines is 1. The molecule has 5 nitrogen and oxygen atoms in total. The minimum absolute atomic E-state index is 0.281. The summed E-state index contributed by atoms with van der Waals surface area (Å²) in [5, 5.41) is 2.78. The molecule has 2 rings (SSSR count). The van der Waals surface area contributed by atoms with Crippen LogP contribution in [0.2, 0.25) is 0 Å². The molecule has 1 N–H and O–H groups in total. The van der Waals surface area contributed by atoms with E-state index in [0.29, 0.717) is 11.3 Å². The van der Waals surface area contributed by atoms with E-state index in [4.69, 9.17) is 9.47 Å². The Morgan fingerprint density at radius 1 is 1.04 bits per heavy atom. The molecule has 5 heteroatoms. The lowest BCUT2D eigenvalue weighted by Gasteiger charge is -2.13. The predicted octanol–water partition coefficient (Wildman–Crippen LogP) is 3.61. The van der Waals surface area contributed by atoms with Gasteiger partial charge in [0.15, 0.2) is 6.61 Å². The van der Waals surface area contributed by atoms with Crippen LogP contribution in [0.15, 0.2) is 48.5 Å². The highest BCUT2D eigenvalue weighted by atomic mass is 16.5. The average Bonchev–Trinajstić information content (AvgIpc) is 2.60. The van der Waals surface area contributed by atoms with Gasteiger partial charge in [0.25, 0.3) is 5.91 Å². The molecule has 0 atom stereocenters. The van der Waals surface area contributed by atoms with Crippen LogP contribution in [0.25, 0.3) is 0 Å². The number of hydrogen-bond acceptors (Lipinski definition) is 4. The van der Waals surface area contributed by atoms with Crippen LogP contribution in [0, 0.1) is 0 Å². The topological polar surface area (TPSA) is 64.6 Å². The van der Waals surface area contributed by atoms with E-state index in [1.165, 1.54) is 0 Å². The van der Waals surface area contributed by atoms with Gasteiger partial charge in [-0.3, -0.25) is 4.79 Å². The number of esters is 1. The van der Waals surface area contributed by atoms with Crippen molar-refractivity contribution in [2.24, 2.45) is 0 Å². The van der Waals surface area contributed by atoms with Crippen LogP contribution in [0.1, 0.15) is 35.7 Å². The van der Waals surface area contributed by atoms with Gasteiger partial charge >= 0.3 is 5.97 Å². The Bertz CT molecular complexity index is 708. The lowest BCUT2D eigenvalue weighted by atomic mass is 10.0. The fraction of sp³-hybridized carbons (Fsp3) is 0.263. The number of amides is 1. The predicted molar refractivity (Wildman–Crippen MR) is 92.4 cm³/mol. The van der Waals surface area contributed by atoms with Crippen molar-refractivity contribution in [1.82, 2.24) is 0 Å². The van der Waals surface area contributed by atoms with Gasteiger partial charge in [-0.25, -0.2) is 4.79 Å². The molecule has 0 saturated carbocycles. The van der Waals surface area contributed by atoms with Crippen LogP contribution in [0.5, 0.6) is 5.75 Å². The van der Waals surface area contributed by atoms with Gasteiger partial charge in [0, 0.05) is 5.69 Å². The van der Waals surface area contributed by atoms with Gasteiger partial charge in [0.1, 0.15) is 5.75 Å². The first-order chi connectivity index (χ1) is 11.5. The summed E-state index contributed by atoms with van der Waals surface area (Å²) >= 11 is 0. The van der Waals surface area contributed by atoms with E-state index in [-0.39, 0.29) is 18.4 Å². The molecular formula is C19H21NO4. The zero-order valence-electron chi connectivity index (χ0n) is 14.0. The van der Waals surface area contributed by atoms with Crippen LogP contribution < -0.4 is 10.1 Å². The van der Waals surface area contributed by atoms with E-state index < -0.39 is 5.97 Å². The van der Waals surface area contributed by atoms with Crippen LogP contribution in [0.4, 0.5) is 5.69 Å². The number of methoxy groups -OCH3 is 1. The van der Waals surface area contributed by atoms with Crippen molar-refractivity contribution in [3.05, 3.63) is 59.7 Å². The summed E-state index contributed by atoms with van der Waals surface area (Å²) in [5.41, 5.74) is 2.14. The summed E-state index contributed by atoms with van der Waals surface area (Å²) in [6.07, 6.45) is 0. The number of benzene rings is 2. The lowest BCUT2D eigenvalue weighted by molar-refractivity contribution is -0.119. The molecule has 126 valence electrons. The first-order valence-electron chi connectivity index (χ1n) is 7.71. The van der Waals surface area contributed by atoms with E-state index in [2.05, 4.69) is 19.2 Å². The molecule has 0 aliphatic heterocycles. The Balaban J connectivity index is 1.92. The molecule has 2 aromatic carbocycles. The van der Waals surface area contributed by atoms with Gasteiger partial charge in [-0.15, -0.1) is 0 Å². The largest absolute Gasteiger partial charge is 0.497 e. The molecule has 2 aromatic rings. The highest BCUT2D eigenvalue weighted by molar-refractivity contribution is 5.96. The monoisotopic (exact) mass is 327 g/mol. The molecule has 1 amide bonds. The standard InChI is InChI=1S/C19H21NO4/c1-13(2)16-6-4-5-7-17(16)20-18(21)12-24-19(22)14-8-10-15(23-3)11-9-14/h4-11,13H,12H2,1-3H3,(H,20,21). The maximum atomic E-state index is 12.0. The maximum Gasteiger partial charge on any atom is 0.338 e. The summed E-state index contributed by atoms with van der Waals surface area (Å²) in [6, 6.07) is 14.1. The fourth-order valence-corrected chi connectivity index (χ4v) is 2.24. The second kappa shape index (κ2) is 8.15.